The molecule has 4 rings (SSSR count). The van der Waals surface area contributed by atoms with Crippen LogP contribution in [0.4, 0.5) is 5.69 Å². The van der Waals surface area contributed by atoms with Crippen molar-refractivity contribution < 1.29 is 9.72 Å². The average molecular weight is 369 g/mol. The van der Waals surface area contributed by atoms with Gasteiger partial charge in [-0.05, 0) is 44.1 Å². The van der Waals surface area contributed by atoms with Gasteiger partial charge in [-0.15, -0.1) is 11.3 Å². The summed E-state index contributed by atoms with van der Waals surface area (Å²) in [5, 5.41) is 13.5. The maximum absolute atomic E-state index is 13.0. The topological polar surface area (TPSA) is 76.3 Å². The van der Waals surface area contributed by atoms with Crippen LogP contribution in [0.15, 0.2) is 41.4 Å². The molecule has 1 amide bonds. The first-order valence-electron chi connectivity index (χ1n) is 8.86. The van der Waals surface area contributed by atoms with Gasteiger partial charge >= 0.3 is 0 Å². The van der Waals surface area contributed by atoms with Crippen molar-refractivity contribution in [3.05, 3.63) is 57.2 Å². The number of benzene rings is 1. The Balaban J connectivity index is 1.63. The van der Waals surface area contributed by atoms with E-state index in [1.807, 2.05) is 4.90 Å². The molecule has 0 saturated carbocycles. The number of allylic oxidation sites excluding steroid dienone is 2. The Bertz CT molecular complexity index is 890. The first-order valence-corrected chi connectivity index (χ1v) is 9.74. The number of amides is 1. The van der Waals surface area contributed by atoms with Crippen molar-refractivity contribution in [3.8, 4) is 10.6 Å². The number of carbonyl (C=O) groups excluding carboxylic acids is 1. The van der Waals surface area contributed by atoms with Gasteiger partial charge in [-0.2, -0.15) is 0 Å². The lowest BCUT2D eigenvalue weighted by atomic mass is 9.85. The number of hydrogen-bond acceptors (Lipinski definition) is 5. The summed E-state index contributed by atoms with van der Waals surface area (Å²) in [6.07, 6.45) is 7.71. The van der Waals surface area contributed by atoms with E-state index in [-0.39, 0.29) is 11.6 Å². The molecule has 0 spiro atoms. The number of hydrogen-bond donors (Lipinski definition) is 0. The quantitative estimate of drug-likeness (QED) is 0.583. The number of nitro benzene ring substituents is 1. The largest absolute Gasteiger partial charge is 0.311 e. The van der Waals surface area contributed by atoms with Crippen molar-refractivity contribution in [2.45, 2.75) is 32.1 Å². The van der Waals surface area contributed by atoms with Crippen molar-refractivity contribution in [3.63, 3.8) is 0 Å². The molecule has 2 aromatic rings. The van der Waals surface area contributed by atoms with Crippen molar-refractivity contribution in [1.29, 1.82) is 0 Å². The van der Waals surface area contributed by atoms with E-state index in [1.54, 1.807) is 23.6 Å². The Labute approximate surface area is 155 Å². The van der Waals surface area contributed by atoms with E-state index >= 15 is 0 Å². The number of para-hydroxylation sites is 1. The van der Waals surface area contributed by atoms with E-state index in [4.69, 9.17) is 0 Å². The molecule has 1 atom stereocenters. The lowest BCUT2D eigenvalue weighted by molar-refractivity contribution is -0.384. The van der Waals surface area contributed by atoms with Crippen LogP contribution in [-0.4, -0.2) is 27.3 Å². The van der Waals surface area contributed by atoms with Crippen LogP contribution in [-0.2, 0) is 0 Å². The molecule has 134 valence electrons. The second kappa shape index (κ2) is 6.99. The average Bonchev–Trinajstić information content (AvgIpc) is 3.17. The molecule has 2 aliphatic rings. The first kappa shape index (κ1) is 16.9. The lowest BCUT2D eigenvalue weighted by Gasteiger charge is -2.37. The van der Waals surface area contributed by atoms with Gasteiger partial charge in [0.1, 0.15) is 10.7 Å². The van der Waals surface area contributed by atoms with Crippen LogP contribution in [0.1, 0.15) is 42.6 Å². The summed E-state index contributed by atoms with van der Waals surface area (Å²) in [6, 6.07) is 6.50. The predicted molar refractivity (Wildman–Crippen MR) is 99.9 cm³/mol. The second-order valence-electron chi connectivity index (χ2n) is 6.67. The number of piperidine rings is 1. The Morgan fingerprint density at radius 3 is 2.92 bits per heavy atom. The Morgan fingerprint density at radius 1 is 1.27 bits per heavy atom. The van der Waals surface area contributed by atoms with Gasteiger partial charge < -0.3 is 4.90 Å². The Hall–Kier alpha value is -2.54. The van der Waals surface area contributed by atoms with Crippen LogP contribution in [0.5, 0.6) is 0 Å². The zero-order valence-electron chi connectivity index (χ0n) is 14.3. The summed E-state index contributed by atoms with van der Waals surface area (Å²) in [7, 11) is 0. The molecule has 2 heterocycles. The third kappa shape index (κ3) is 3.03. The highest BCUT2D eigenvalue weighted by Crippen LogP contribution is 2.37. The van der Waals surface area contributed by atoms with Crippen LogP contribution in [0.3, 0.4) is 0 Å². The molecule has 1 unspecified atom stereocenters. The van der Waals surface area contributed by atoms with Crippen molar-refractivity contribution >= 4 is 22.9 Å². The van der Waals surface area contributed by atoms with Gasteiger partial charge in [0.15, 0.2) is 0 Å². The van der Waals surface area contributed by atoms with Crippen LogP contribution in [0.2, 0.25) is 0 Å². The fourth-order valence-electron chi connectivity index (χ4n) is 3.84. The van der Waals surface area contributed by atoms with Gasteiger partial charge in [-0.3, -0.25) is 14.9 Å². The highest BCUT2D eigenvalue weighted by molar-refractivity contribution is 7.13. The number of nitro groups is 1. The van der Waals surface area contributed by atoms with Crippen LogP contribution in [0.25, 0.3) is 10.6 Å². The predicted octanol–water partition coefficient (Wildman–Crippen LogP) is 4.64. The smallest absolute Gasteiger partial charge is 0.279 e. The zero-order valence-corrected chi connectivity index (χ0v) is 15.1. The third-order valence-electron chi connectivity index (χ3n) is 5.07. The normalized spacial score (nSPS) is 19.6. The number of aromatic nitrogens is 1. The number of fused-ring (bicyclic) bond motifs is 1. The fourth-order valence-corrected chi connectivity index (χ4v) is 4.67. The standard InChI is InChI=1S/C19H19N3O3S/c23-19(21-11-5-7-13-6-1-3-9-16(13)21)15-12-26-18(20-15)14-8-2-4-10-17(14)22(24)25/h2,4,8-10,12-13H,1,3,5-7,11H2. The summed E-state index contributed by atoms with van der Waals surface area (Å²) in [5.74, 6) is 0.388. The Kier molecular flexibility index (Phi) is 4.55. The van der Waals surface area contributed by atoms with E-state index in [1.165, 1.54) is 23.8 Å². The van der Waals surface area contributed by atoms with Gasteiger partial charge in [0, 0.05) is 23.7 Å². The second-order valence-corrected chi connectivity index (χ2v) is 7.53. The van der Waals surface area contributed by atoms with E-state index in [0.717, 1.165) is 37.9 Å². The molecule has 0 bridgehead atoms. The van der Waals surface area contributed by atoms with Gasteiger partial charge in [0.2, 0.25) is 0 Å². The van der Waals surface area contributed by atoms with Gasteiger partial charge in [-0.1, -0.05) is 18.2 Å². The Morgan fingerprint density at radius 2 is 2.08 bits per heavy atom. The van der Waals surface area contributed by atoms with Crippen LogP contribution in [0, 0.1) is 16.0 Å². The molecule has 0 N–H and O–H groups in total. The van der Waals surface area contributed by atoms with Gasteiger partial charge in [0.05, 0.1) is 10.5 Å². The number of carbonyl (C=O) groups is 1. The molecule has 26 heavy (non-hydrogen) atoms. The number of likely N-dealkylation sites (tertiary alicyclic amines) is 1. The minimum atomic E-state index is -0.416. The van der Waals surface area contributed by atoms with Gasteiger partial charge in [0.25, 0.3) is 11.6 Å². The molecule has 6 nitrogen and oxygen atoms in total. The molecule has 1 aromatic carbocycles. The lowest BCUT2D eigenvalue weighted by Crippen LogP contribution is -2.39. The summed E-state index contributed by atoms with van der Waals surface area (Å²) >= 11 is 1.27. The van der Waals surface area contributed by atoms with Gasteiger partial charge in [-0.25, -0.2) is 4.98 Å². The molecule has 1 aliphatic carbocycles. The highest BCUT2D eigenvalue weighted by atomic mass is 32.1. The van der Waals surface area contributed by atoms with Crippen LogP contribution < -0.4 is 0 Å². The summed E-state index contributed by atoms with van der Waals surface area (Å²) < 4.78 is 0. The summed E-state index contributed by atoms with van der Waals surface area (Å²) in [6.45, 7) is 0.722. The molecular formula is C19H19N3O3S. The molecule has 7 heteroatoms. The van der Waals surface area contributed by atoms with E-state index < -0.39 is 4.92 Å². The minimum Gasteiger partial charge on any atom is -0.311 e. The summed E-state index contributed by atoms with van der Waals surface area (Å²) in [4.78, 5) is 30.1. The minimum absolute atomic E-state index is 0.00822. The summed E-state index contributed by atoms with van der Waals surface area (Å²) in [5.41, 5.74) is 1.98. The molecule has 0 radical (unpaired) electrons. The molecular weight excluding hydrogens is 350 g/mol. The maximum atomic E-state index is 13.0. The van der Waals surface area contributed by atoms with Crippen molar-refractivity contribution in [2.75, 3.05) is 6.54 Å². The molecule has 1 saturated heterocycles. The van der Waals surface area contributed by atoms with E-state index in [9.17, 15) is 14.9 Å². The van der Waals surface area contributed by atoms with Crippen molar-refractivity contribution in [2.24, 2.45) is 5.92 Å². The third-order valence-corrected chi connectivity index (χ3v) is 5.95. The SMILES string of the molecule is O=C(c1csc(-c2ccccc2[N+](=O)[O-])n1)N1CCCC2CCCC=C21. The maximum Gasteiger partial charge on any atom is 0.279 e. The van der Waals surface area contributed by atoms with Crippen molar-refractivity contribution in [1.82, 2.24) is 9.88 Å². The number of thiazole rings is 1. The van der Waals surface area contributed by atoms with E-state index in [0.29, 0.717) is 22.2 Å². The highest BCUT2D eigenvalue weighted by Gasteiger charge is 2.32. The fraction of sp³-hybridized carbons (Fsp3) is 0.368. The van der Waals surface area contributed by atoms with Crippen LogP contribution >= 0.6 is 11.3 Å². The molecule has 1 aliphatic heterocycles. The molecule has 1 aromatic heterocycles. The number of rotatable bonds is 3. The molecule has 1 fully saturated rings. The first-order chi connectivity index (χ1) is 12.6. The van der Waals surface area contributed by atoms with E-state index in [2.05, 4.69) is 11.1 Å². The monoisotopic (exact) mass is 369 g/mol. The number of nitrogens with zero attached hydrogens (tertiary/aromatic N) is 3. The zero-order chi connectivity index (χ0) is 18.1.